The average molecular weight is 250 g/mol. The summed E-state index contributed by atoms with van der Waals surface area (Å²) < 4.78 is 5.10. The van der Waals surface area contributed by atoms with E-state index >= 15 is 0 Å². The first kappa shape index (κ1) is 12.7. The van der Waals surface area contributed by atoms with E-state index in [1.54, 1.807) is 30.2 Å². The second-order valence-corrected chi connectivity index (χ2v) is 4.43. The van der Waals surface area contributed by atoms with Crippen LogP contribution >= 0.6 is 0 Å². The van der Waals surface area contributed by atoms with Crippen molar-refractivity contribution < 1.29 is 14.6 Å². The molecule has 1 aromatic rings. The lowest BCUT2D eigenvalue weighted by molar-refractivity contribution is 0.0678. The van der Waals surface area contributed by atoms with Crippen LogP contribution in [-0.4, -0.2) is 42.2 Å². The number of aliphatic hydroxyl groups is 1. The maximum Gasteiger partial charge on any atom is 0.256 e. The Labute approximate surface area is 106 Å². The van der Waals surface area contributed by atoms with E-state index in [0.717, 1.165) is 12.8 Å². The zero-order chi connectivity index (χ0) is 13.1. The molecule has 1 aromatic carbocycles. The molecule has 0 radical (unpaired) electrons. The first-order valence-corrected chi connectivity index (χ1v) is 6.02. The van der Waals surface area contributed by atoms with Crippen molar-refractivity contribution in [2.24, 2.45) is 0 Å². The zero-order valence-electron chi connectivity index (χ0n) is 10.4. The molecule has 2 rings (SSSR count). The summed E-state index contributed by atoms with van der Waals surface area (Å²) in [6.07, 6.45) is 1.76. The molecule has 5 nitrogen and oxygen atoms in total. The summed E-state index contributed by atoms with van der Waals surface area (Å²) in [5.41, 5.74) is 6.71. The third-order valence-corrected chi connectivity index (χ3v) is 3.34. The van der Waals surface area contributed by atoms with Gasteiger partial charge in [-0.2, -0.15) is 0 Å². The topological polar surface area (TPSA) is 75.8 Å². The Hall–Kier alpha value is -1.75. The highest BCUT2D eigenvalue weighted by atomic mass is 16.5. The van der Waals surface area contributed by atoms with E-state index in [2.05, 4.69) is 0 Å². The van der Waals surface area contributed by atoms with Gasteiger partial charge in [0, 0.05) is 12.2 Å². The number of hydrogen-bond donors (Lipinski definition) is 2. The van der Waals surface area contributed by atoms with Gasteiger partial charge in [-0.15, -0.1) is 0 Å². The lowest BCUT2D eigenvalue weighted by atomic mass is 10.1. The summed E-state index contributed by atoms with van der Waals surface area (Å²) in [5, 5.41) is 9.25. The number of nitrogens with two attached hydrogens (primary N) is 1. The van der Waals surface area contributed by atoms with Crippen molar-refractivity contribution in [2.75, 3.05) is 26.0 Å². The third-order valence-electron chi connectivity index (χ3n) is 3.34. The van der Waals surface area contributed by atoms with Gasteiger partial charge >= 0.3 is 0 Å². The van der Waals surface area contributed by atoms with Gasteiger partial charge < -0.3 is 20.5 Å². The predicted octanol–water partition coefficient (Wildman–Crippen LogP) is 0.874. The minimum atomic E-state index is -0.136. The van der Waals surface area contributed by atoms with Crippen LogP contribution in [0.3, 0.4) is 0 Å². The van der Waals surface area contributed by atoms with Crippen molar-refractivity contribution >= 4 is 11.6 Å². The Morgan fingerprint density at radius 3 is 3.06 bits per heavy atom. The van der Waals surface area contributed by atoms with Gasteiger partial charge in [-0.3, -0.25) is 4.79 Å². The molecule has 0 saturated carbocycles. The SMILES string of the molecule is COc1ccc(N)c(C(=O)N2CCC[C@H]2CO)c1. The number of anilines is 1. The number of nitrogens with zero attached hydrogens (tertiary/aromatic N) is 1. The van der Waals surface area contributed by atoms with E-state index in [9.17, 15) is 9.90 Å². The zero-order valence-corrected chi connectivity index (χ0v) is 10.4. The van der Waals surface area contributed by atoms with Crippen LogP contribution in [0.25, 0.3) is 0 Å². The molecule has 1 amide bonds. The Balaban J connectivity index is 2.27. The van der Waals surface area contributed by atoms with Gasteiger partial charge in [-0.1, -0.05) is 0 Å². The van der Waals surface area contributed by atoms with E-state index in [1.165, 1.54) is 0 Å². The Kier molecular flexibility index (Phi) is 3.72. The van der Waals surface area contributed by atoms with Crippen molar-refractivity contribution in [3.05, 3.63) is 23.8 Å². The summed E-state index contributed by atoms with van der Waals surface area (Å²) in [6.45, 7) is 0.663. The first-order chi connectivity index (χ1) is 8.67. The molecular formula is C13H18N2O3. The first-order valence-electron chi connectivity index (χ1n) is 6.02. The number of likely N-dealkylation sites (tertiary alicyclic amines) is 1. The number of aliphatic hydroxyl groups excluding tert-OH is 1. The maximum atomic E-state index is 12.4. The van der Waals surface area contributed by atoms with Crippen LogP contribution in [0.5, 0.6) is 5.75 Å². The molecule has 18 heavy (non-hydrogen) atoms. The predicted molar refractivity (Wildman–Crippen MR) is 68.6 cm³/mol. The van der Waals surface area contributed by atoms with Crippen LogP contribution in [0, 0.1) is 0 Å². The van der Waals surface area contributed by atoms with Gasteiger partial charge in [0.15, 0.2) is 0 Å². The molecule has 1 aliphatic heterocycles. The van der Waals surface area contributed by atoms with Crippen LogP contribution in [0.4, 0.5) is 5.69 Å². The highest BCUT2D eigenvalue weighted by Gasteiger charge is 2.29. The second-order valence-electron chi connectivity index (χ2n) is 4.43. The molecule has 1 aliphatic rings. The third kappa shape index (κ3) is 2.26. The van der Waals surface area contributed by atoms with Gasteiger partial charge in [0.1, 0.15) is 5.75 Å². The Bertz CT molecular complexity index is 448. The standard InChI is InChI=1S/C13H18N2O3/c1-18-10-4-5-12(14)11(7-10)13(17)15-6-2-3-9(15)8-16/h4-5,7,9,16H,2-3,6,8,14H2,1H3/t9-/m0/s1. The van der Waals surface area contributed by atoms with Crippen LogP contribution in [0.1, 0.15) is 23.2 Å². The number of ether oxygens (including phenoxy) is 1. The smallest absolute Gasteiger partial charge is 0.256 e. The van der Waals surface area contributed by atoms with Crippen LogP contribution in [0.2, 0.25) is 0 Å². The van der Waals surface area contributed by atoms with Crippen molar-refractivity contribution in [1.82, 2.24) is 4.90 Å². The van der Waals surface area contributed by atoms with Gasteiger partial charge in [-0.25, -0.2) is 0 Å². The van der Waals surface area contributed by atoms with E-state index in [1.807, 2.05) is 0 Å². The molecule has 1 atom stereocenters. The summed E-state index contributed by atoms with van der Waals surface area (Å²) in [4.78, 5) is 14.1. The lowest BCUT2D eigenvalue weighted by Gasteiger charge is -2.23. The molecule has 3 N–H and O–H groups in total. The number of rotatable bonds is 3. The second kappa shape index (κ2) is 5.27. The molecule has 1 heterocycles. The van der Waals surface area contributed by atoms with Crippen LogP contribution in [0.15, 0.2) is 18.2 Å². The highest BCUT2D eigenvalue weighted by Crippen LogP contribution is 2.25. The van der Waals surface area contributed by atoms with Gasteiger partial charge in [-0.05, 0) is 31.0 Å². The van der Waals surface area contributed by atoms with Crippen molar-refractivity contribution in [3.63, 3.8) is 0 Å². The summed E-state index contributed by atoms with van der Waals surface area (Å²) >= 11 is 0. The molecular weight excluding hydrogens is 232 g/mol. The fourth-order valence-electron chi connectivity index (χ4n) is 2.30. The molecule has 98 valence electrons. The Morgan fingerprint density at radius 1 is 1.61 bits per heavy atom. The number of amides is 1. The van der Waals surface area contributed by atoms with E-state index in [-0.39, 0.29) is 18.6 Å². The summed E-state index contributed by atoms with van der Waals surface area (Å²) in [5.74, 6) is 0.468. The van der Waals surface area contributed by atoms with Crippen molar-refractivity contribution in [1.29, 1.82) is 0 Å². The minimum absolute atomic E-state index is 0.00435. The largest absolute Gasteiger partial charge is 0.497 e. The summed E-state index contributed by atoms with van der Waals surface area (Å²) in [7, 11) is 1.55. The fourth-order valence-corrected chi connectivity index (χ4v) is 2.30. The normalized spacial score (nSPS) is 19.0. The summed E-state index contributed by atoms with van der Waals surface area (Å²) in [6, 6.07) is 4.93. The Morgan fingerprint density at radius 2 is 2.39 bits per heavy atom. The van der Waals surface area contributed by atoms with Gasteiger partial charge in [0.05, 0.1) is 25.3 Å². The monoisotopic (exact) mass is 250 g/mol. The van der Waals surface area contributed by atoms with E-state index in [0.29, 0.717) is 23.5 Å². The van der Waals surface area contributed by atoms with Gasteiger partial charge in [0.25, 0.3) is 5.91 Å². The van der Waals surface area contributed by atoms with Crippen LogP contribution in [-0.2, 0) is 0 Å². The van der Waals surface area contributed by atoms with Crippen molar-refractivity contribution in [3.8, 4) is 5.75 Å². The lowest BCUT2D eigenvalue weighted by Crippen LogP contribution is -2.37. The number of carbonyl (C=O) groups excluding carboxylic acids is 1. The number of methoxy groups -OCH3 is 1. The van der Waals surface area contributed by atoms with Crippen molar-refractivity contribution in [2.45, 2.75) is 18.9 Å². The molecule has 0 unspecified atom stereocenters. The maximum absolute atomic E-state index is 12.4. The quantitative estimate of drug-likeness (QED) is 0.781. The number of hydrogen-bond acceptors (Lipinski definition) is 4. The highest BCUT2D eigenvalue weighted by molar-refractivity contribution is 5.99. The van der Waals surface area contributed by atoms with Gasteiger partial charge in [0.2, 0.25) is 0 Å². The number of benzene rings is 1. The van der Waals surface area contributed by atoms with E-state index in [4.69, 9.17) is 10.5 Å². The molecule has 0 aromatic heterocycles. The molecule has 1 saturated heterocycles. The molecule has 1 fully saturated rings. The average Bonchev–Trinajstić information content (AvgIpc) is 2.86. The van der Waals surface area contributed by atoms with E-state index < -0.39 is 0 Å². The molecule has 0 spiro atoms. The minimum Gasteiger partial charge on any atom is -0.497 e. The number of carbonyl (C=O) groups is 1. The molecule has 0 aliphatic carbocycles. The fraction of sp³-hybridized carbons (Fsp3) is 0.462. The molecule has 0 bridgehead atoms. The van der Waals surface area contributed by atoms with Crippen LogP contribution < -0.4 is 10.5 Å². The number of nitrogen functional groups attached to an aromatic ring is 1. The molecule has 5 heteroatoms.